The number of amides is 1. The molecule has 0 aliphatic rings. The Kier molecular flexibility index (Phi) is 3.82. The van der Waals surface area contributed by atoms with Crippen molar-refractivity contribution < 1.29 is 18.0 Å². The number of hydrogen-bond donors (Lipinski definition) is 2. The number of halogens is 4. The summed E-state index contributed by atoms with van der Waals surface area (Å²) in [5, 5.41) is 1.57. The molecule has 94 valence electrons. The van der Waals surface area contributed by atoms with Gasteiger partial charge in [-0.3, -0.25) is 9.59 Å². The van der Waals surface area contributed by atoms with Crippen molar-refractivity contribution in [1.82, 2.24) is 10.3 Å². The lowest BCUT2D eigenvalue weighted by atomic mass is 10.2. The molecule has 2 N–H and O–H groups in total. The molecule has 0 saturated heterocycles. The van der Waals surface area contributed by atoms with E-state index in [4.69, 9.17) is 11.6 Å². The van der Waals surface area contributed by atoms with Gasteiger partial charge in [-0.2, -0.15) is 13.2 Å². The quantitative estimate of drug-likeness (QED) is 0.859. The number of rotatable bonds is 2. The largest absolute Gasteiger partial charge is 0.432 e. The molecule has 1 aromatic heterocycles. The van der Waals surface area contributed by atoms with Crippen LogP contribution in [0, 0.1) is 0 Å². The molecule has 0 atom stereocenters. The van der Waals surface area contributed by atoms with Gasteiger partial charge in [0.15, 0.2) is 0 Å². The normalized spacial score (nSPS) is 11.4. The minimum atomic E-state index is -4.77. The summed E-state index contributed by atoms with van der Waals surface area (Å²) < 4.78 is 37.1. The van der Waals surface area contributed by atoms with E-state index in [1.54, 1.807) is 11.9 Å². The van der Waals surface area contributed by atoms with Gasteiger partial charge in [-0.05, 0) is 13.0 Å². The highest BCUT2D eigenvalue weighted by atomic mass is 35.5. The minimum absolute atomic E-state index is 0.247. The molecule has 0 saturated carbocycles. The Balaban J connectivity index is 3.29. The van der Waals surface area contributed by atoms with Crippen LogP contribution in [0.1, 0.15) is 23.0 Å². The van der Waals surface area contributed by atoms with Crippen molar-refractivity contribution in [2.75, 3.05) is 6.54 Å². The van der Waals surface area contributed by atoms with Crippen LogP contribution >= 0.6 is 11.6 Å². The number of carbonyl (C=O) groups excluding carboxylic acids is 1. The first kappa shape index (κ1) is 13.6. The smallest absolute Gasteiger partial charge is 0.352 e. The van der Waals surface area contributed by atoms with Gasteiger partial charge in [0, 0.05) is 6.54 Å². The zero-order chi connectivity index (χ0) is 13.2. The number of pyridine rings is 1. The van der Waals surface area contributed by atoms with Crippen LogP contribution in [-0.2, 0) is 6.18 Å². The third kappa shape index (κ3) is 3.00. The van der Waals surface area contributed by atoms with Crippen LogP contribution in [0.2, 0.25) is 5.02 Å². The fraction of sp³-hybridized carbons (Fsp3) is 0.333. The molecule has 0 aliphatic heterocycles. The Bertz CT molecular complexity index is 496. The van der Waals surface area contributed by atoms with Crippen LogP contribution in [-0.4, -0.2) is 17.4 Å². The Morgan fingerprint density at radius 2 is 2.12 bits per heavy atom. The number of H-pyrrole nitrogens is 1. The maximum Gasteiger partial charge on any atom is 0.432 e. The fourth-order valence-electron chi connectivity index (χ4n) is 1.14. The van der Waals surface area contributed by atoms with Crippen molar-refractivity contribution in [3.05, 3.63) is 32.7 Å². The highest BCUT2D eigenvalue weighted by Crippen LogP contribution is 2.32. The molecule has 0 radical (unpaired) electrons. The predicted octanol–water partition coefficient (Wildman–Crippen LogP) is 1.80. The second kappa shape index (κ2) is 4.79. The Morgan fingerprint density at radius 3 is 2.59 bits per heavy atom. The summed E-state index contributed by atoms with van der Waals surface area (Å²) in [7, 11) is 0. The van der Waals surface area contributed by atoms with Gasteiger partial charge in [0.2, 0.25) is 0 Å². The molecule has 0 aromatic carbocycles. The van der Waals surface area contributed by atoms with Crippen LogP contribution in [0.25, 0.3) is 0 Å². The molecular weight excluding hydrogens is 261 g/mol. The zero-order valence-electron chi connectivity index (χ0n) is 8.61. The lowest BCUT2D eigenvalue weighted by Crippen LogP contribution is -2.30. The summed E-state index contributed by atoms with van der Waals surface area (Å²) in [6.07, 6.45) is -4.77. The molecule has 1 aromatic rings. The number of aromatic nitrogens is 1. The van der Waals surface area contributed by atoms with Crippen LogP contribution in [0.4, 0.5) is 13.2 Å². The Labute approximate surface area is 98.8 Å². The highest BCUT2D eigenvalue weighted by molar-refractivity contribution is 6.31. The van der Waals surface area contributed by atoms with Crippen molar-refractivity contribution in [1.29, 1.82) is 0 Å². The number of carbonyl (C=O) groups is 1. The summed E-state index contributed by atoms with van der Waals surface area (Å²) in [6.45, 7) is 1.86. The molecule has 0 aliphatic carbocycles. The SMILES string of the molecule is CCNC(=O)c1cc(Cl)c(C(F)(F)F)[nH]c1=O. The van der Waals surface area contributed by atoms with E-state index in [1.807, 2.05) is 0 Å². The van der Waals surface area contributed by atoms with Crippen LogP contribution in [0.15, 0.2) is 10.9 Å². The number of nitrogens with one attached hydrogen (secondary N) is 2. The monoisotopic (exact) mass is 268 g/mol. The van der Waals surface area contributed by atoms with Crippen molar-refractivity contribution in [2.45, 2.75) is 13.1 Å². The lowest BCUT2D eigenvalue weighted by molar-refractivity contribution is -0.141. The van der Waals surface area contributed by atoms with E-state index in [2.05, 4.69) is 5.32 Å². The molecule has 8 heteroatoms. The van der Waals surface area contributed by atoms with E-state index in [0.29, 0.717) is 6.07 Å². The fourth-order valence-corrected chi connectivity index (χ4v) is 1.40. The summed E-state index contributed by atoms with van der Waals surface area (Å²) in [5.74, 6) is -0.774. The summed E-state index contributed by atoms with van der Waals surface area (Å²) >= 11 is 5.36. The standard InChI is InChI=1S/C9H8ClF3N2O2/c1-2-14-7(16)4-3-5(10)6(9(11,12)13)15-8(4)17/h3H,2H2,1H3,(H,14,16)(H,15,17). The van der Waals surface area contributed by atoms with E-state index in [-0.39, 0.29) is 6.54 Å². The van der Waals surface area contributed by atoms with Gasteiger partial charge in [0.05, 0.1) is 5.02 Å². The molecular formula is C9H8ClF3N2O2. The molecule has 17 heavy (non-hydrogen) atoms. The summed E-state index contributed by atoms with van der Waals surface area (Å²) in [5.41, 5.74) is -2.95. The first-order valence-electron chi connectivity index (χ1n) is 4.55. The van der Waals surface area contributed by atoms with Crippen LogP contribution in [0.3, 0.4) is 0 Å². The van der Waals surface area contributed by atoms with Crippen molar-refractivity contribution in [2.24, 2.45) is 0 Å². The van der Waals surface area contributed by atoms with Crippen molar-refractivity contribution in [3.8, 4) is 0 Å². The molecule has 0 fully saturated rings. The predicted molar refractivity (Wildman–Crippen MR) is 55.1 cm³/mol. The van der Waals surface area contributed by atoms with Gasteiger partial charge in [-0.1, -0.05) is 11.6 Å². The van der Waals surface area contributed by atoms with E-state index < -0.39 is 33.9 Å². The zero-order valence-corrected chi connectivity index (χ0v) is 9.37. The average Bonchev–Trinajstić information content (AvgIpc) is 2.19. The Morgan fingerprint density at radius 1 is 1.53 bits per heavy atom. The summed E-state index contributed by atoms with van der Waals surface area (Å²) in [6, 6.07) is 0.703. The maximum absolute atomic E-state index is 12.4. The first-order valence-corrected chi connectivity index (χ1v) is 4.93. The van der Waals surface area contributed by atoms with Crippen LogP contribution in [0.5, 0.6) is 0 Å². The molecule has 1 rings (SSSR count). The second-order valence-electron chi connectivity index (χ2n) is 3.09. The van der Waals surface area contributed by atoms with Gasteiger partial charge in [0.1, 0.15) is 11.3 Å². The van der Waals surface area contributed by atoms with Gasteiger partial charge >= 0.3 is 6.18 Å². The van der Waals surface area contributed by atoms with E-state index in [1.165, 1.54) is 0 Å². The van der Waals surface area contributed by atoms with Crippen LogP contribution < -0.4 is 10.9 Å². The summed E-state index contributed by atoms with van der Waals surface area (Å²) in [4.78, 5) is 24.1. The molecule has 0 bridgehead atoms. The molecule has 4 nitrogen and oxygen atoms in total. The highest BCUT2D eigenvalue weighted by Gasteiger charge is 2.35. The third-order valence-corrected chi connectivity index (χ3v) is 2.16. The van der Waals surface area contributed by atoms with E-state index >= 15 is 0 Å². The van der Waals surface area contributed by atoms with Gasteiger partial charge in [0.25, 0.3) is 11.5 Å². The maximum atomic E-state index is 12.4. The minimum Gasteiger partial charge on any atom is -0.352 e. The Hall–Kier alpha value is -1.50. The lowest BCUT2D eigenvalue weighted by Gasteiger charge is -2.09. The van der Waals surface area contributed by atoms with Gasteiger partial charge < -0.3 is 10.3 Å². The van der Waals surface area contributed by atoms with E-state index in [9.17, 15) is 22.8 Å². The molecule has 0 spiro atoms. The number of aromatic amines is 1. The number of hydrogen-bond acceptors (Lipinski definition) is 2. The van der Waals surface area contributed by atoms with Crippen molar-refractivity contribution in [3.63, 3.8) is 0 Å². The number of alkyl halides is 3. The van der Waals surface area contributed by atoms with Crippen molar-refractivity contribution >= 4 is 17.5 Å². The molecule has 1 heterocycles. The average molecular weight is 269 g/mol. The molecule has 0 unspecified atom stereocenters. The molecule has 1 amide bonds. The second-order valence-corrected chi connectivity index (χ2v) is 3.50. The van der Waals surface area contributed by atoms with Gasteiger partial charge in [-0.25, -0.2) is 0 Å². The van der Waals surface area contributed by atoms with E-state index in [0.717, 1.165) is 0 Å². The first-order chi connectivity index (χ1) is 7.77. The third-order valence-electron chi connectivity index (χ3n) is 1.86. The topological polar surface area (TPSA) is 62.0 Å². The van der Waals surface area contributed by atoms with Gasteiger partial charge in [-0.15, -0.1) is 0 Å².